The van der Waals surface area contributed by atoms with Gasteiger partial charge < -0.3 is 10.6 Å². The van der Waals surface area contributed by atoms with E-state index in [9.17, 15) is 13.2 Å². The second-order valence-electron chi connectivity index (χ2n) is 4.43. The lowest BCUT2D eigenvalue weighted by Crippen LogP contribution is -2.27. The molecule has 1 heterocycles. The molecule has 118 valence electrons. The van der Waals surface area contributed by atoms with Crippen LogP contribution in [-0.2, 0) is 14.8 Å². The molecule has 9 heteroatoms. The molecule has 1 amide bonds. The van der Waals surface area contributed by atoms with Gasteiger partial charge in [-0.25, -0.2) is 18.1 Å². The van der Waals surface area contributed by atoms with Crippen LogP contribution in [0.2, 0.25) is 0 Å². The molecule has 0 aromatic carbocycles. The maximum Gasteiger partial charge on any atom is 0.226 e. The largest absolute Gasteiger partial charge is 0.316 e. The van der Waals surface area contributed by atoms with Crippen molar-refractivity contribution in [2.24, 2.45) is 0 Å². The molecule has 1 aromatic heterocycles. The minimum Gasteiger partial charge on any atom is -0.316 e. The fourth-order valence-corrected chi connectivity index (χ4v) is 2.33. The van der Waals surface area contributed by atoms with E-state index in [4.69, 9.17) is 0 Å². The lowest BCUT2D eigenvalue weighted by molar-refractivity contribution is -0.116. The Morgan fingerprint density at radius 2 is 2.10 bits per heavy atom. The highest BCUT2D eigenvalue weighted by Gasteiger charge is 2.03. The van der Waals surface area contributed by atoms with Crippen LogP contribution in [0.1, 0.15) is 12.8 Å². The van der Waals surface area contributed by atoms with Gasteiger partial charge in [0, 0.05) is 30.2 Å². The van der Waals surface area contributed by atoms with E-state index in [-0.39, 0.29) is 5.91 Å². The number of rotatable bonds is 9. The molecule has 1 aromatic rings. The monoisotopic (exact) mass is 378 g/mol. The molecule has 0 spiro atoms. The van der Waals surface area contributed by atoms with Crippen LogP contribution >= 0.6 is 15.9 Å². The highest BCUT2D eigenvalue weighted by Crippen LogP contribution is 2.12. The zero-order valence-electron chi connectivity index (χ0n) is 11.7. The van der Waals surface area contributed by atoms with Gasteiger partial charge in [-0.2, -0.15) is 0 Å². The summed E-state index contributed by atoms with van der Waals surface area (Å²) in [5, 5.41) is 5.77. The standard InChI is InChI=1S/C12H19BrN4O3S/c1-21(19,20)16-6-2-5-14-7-4-12(18)17-11-9-10(13)3-8-15-11/h3,8-9,14,16H,2,4-7H2,1H3,(H,15,17,18). The Hall–Kier alpha value is -1.03. The molecule has 0 saturated carbocycles. The number of pyridine rings is 1. The van der Waals surface area contributed by atoms with Crippen molar-refractivity contribution >= 4 is 37.7 Å². The highest BCUT2D eigenvalue weighted by molar-refractivity contribution is 9.10. The van der Waals surface area contributed by atoms with E-state index in [0.717, 1.165) is 10.7 Å². The average molecular weight is 379 g/mol. The molecule has 0 aliphatic carbocycles. The molecule has 0 radical (unpaired) electrons. The predicted octanol–water partition coefficient (Wildman–Crippen LogP) is 0.702. The van der Waals surface area contributed by atoms with Gasteiger partial charge in [0.05, 0.1) is 6.26 Å². The lowest BCUT2D eigenvalue weighted by atomic mass is 10.3. The van der Waals surface area contributed by atoms with E-state index in [1.807, 2.05) is 0 Å². The summed E-state index contributed by atoms with van der Waals surface area (Å²) in [4.78, 5) is 15.7. The number of hydrogen-bond acceptors (Lipinski definition) is 5. The SMILES string of the molecule is CS(=O)(=O)NCCCNCCC(=O)Nc1cc(Br)ccn1. The zero-order valence-corrected chi connectivity index (χ0v) is 14.1. The number of sulfonamides is 1. The molecule has 7 nitrogen and oxygen atoms in total. The van der Waals surface area contributed by atoms with E-state index in [0.29, 0.717) is 38.3 Å². The molecule has 0 aliphatic heterocycles. The third-order valence-corrected chi connectivity index (χ3v) is 3.63. The minimum absolute atomic E-state index is 0.123. The summed E-state index contributed by atoms with van der Waals surface area (Å²) in [5.74, 6) is 0.383. The van der Waals surface area contributed by atoms with E-state index < -0.39 is 10.0 Å². The number of hydrogen-bond donors (Lipinski definition) is 3. The van der Waals surface area contributed by atoms with Gasteiger partial charge >= 0.3 is 0 Å². The van der Waals surface area contributed by atoms with E-state index in [2.05, 4.69) is 36.3 Å². The molecule has 0 unspecified atom stereocenters. The maximum absolute atomic E-state index is 11.6. The first-order chi connectivity index (χ1) is 9.87. The Labute approximate surface area is 133 Å². The molecule has 3 N–H and O–H groups in total. The number of halogens is 1. The molecule has 0 aliphatic rings. The van der Waals surface area contributed by atoms with Gasteiger partial charge in [-0.15, -0.1) is 0 Å². The second-order valence-corrected chi connectivity index (χ2v) is 7.18. The first-order valence-electron chi connectivity index (χ1n) is 6.43. The summed E-state index contributed by atoms with van der Waals surface area (Å²) in [5.41, 5.74) is 0. The van der Waals surface area contributed by atoms with Crippen molar-refractivity contribution in [2.75, 3.05) is 31.2 Å². The van der Waals surface area contributed by atoms with Crippen molar-refractivity contribution in [3.8, 4) is 0 Å². The van der Waals surface area contributed by atoms with Crippen LogP contribution in [0.25, 0.3) is 0 Å². The van der Waals surface area contributed by atoms with Crippen LogP contribution in [0.3, 0.4) is 0 Å². The van der Waals surface area contributed by atoms with Crippen LogP contribution in [0.4, 0.5) is 5.82 Å². The summed E-state index contributed by atoms with van der Waals surface area (Å²) >= 11 is 3.30. The van der Waals surface area contributed by atoms with Gasteiger partial charge in [0.2, 0.25) is 15.9 Å². The Morgan fingerprint density at radius 3 is 2.76 bits per heavy atom. The smallest absolute Gasteiger partial charge is 0.226 e. The first-order valence-corrected chi connectivity index (χ1v) is 9.12. The maximum atomic E-state index is 11.6. The second kappa shape index (κ2) is 9.08. The Kier molecular flexibility index (Phi) is 7.79. The first kappa shape index (κ1) is 18.0. The van der Waals surface area contributed by atoms with Crippen LogP contribution in [0, 0.1) is 0 Å². The Balaban J connectivity index is 2.09. The number of carbonyl (C=O) groups excluding carboxylic acids is 1. The lowest BCUT2D eigenvalue weighted by Gasteiger charge is -2.06. The zero-order chi connectivity index (χ0) is 15.7. The molecular formula is C12H19BrN4O3S. The van der Waals surface area contributed by atoms with Gasteiger partial charge in [0.25, 0.3) is 0 Å². The van der Waals surface area contributed by atoms with Crippen LogP contribution in [0.15, 0.2) is 22.8 Å². The molecule has 0 bridgehead atoms. The Bertz CT molecular complexity index is 565. The van der Waals surface area contributed by atoms with Crippen molar-refractivity contribution in [3.63, 3.8) is 0 Å². The van der Waals surface area contributed by atoms with Crippen molar-refractivity contribution in [3.05, 3.63) is 22.8 Å². The average Bonchev–Trinajstić information content (AvgIpc) is 2.36. The van der Waals surface area contributed by atoms with Crippen LogP contribution < -0.4 is 15.4 Å². The summed E-state index contributed by atoms with van der Waals surface area (Å²) in [6.45, 7) is 1.56. The molecule has 0 fully saturated rings. The van der Waals surface area contributed by atoms with Crippen molar-refractivity contribution < 1.29 is 13.2 Å². The van der Waals surface area contributed by atoms with E-state index >= 15 is 0 Å². The fourth-order valence-electron chi connectivity index (χ4n) is 1.48. The normalized spacial score (nSPS) is 11.3. The van der Waals surface area contributed by atoms with Crippen molar-refractivity contribution in [1.29, 1.82) is 0 Å². The molecular weight excluding hydrogens is 360 g/mol. The summed E-state index contributed by atoms with van der Waals surface area (Å²) < 4.78 is 24.9. The number of carbonyl (C=O) groups is 1. The van der Waals surface area contributed by atoms with Gasteiger partial charge in [-0.3, -0.25) is 4.79 Å². The summed E-state index contributed by atoms with van der Waals surface area (Å²) in [6, 6.07) is 3.50. The number of nitrogens with zero attached hydrogens (tertiary/aromatic N) is 1. The summed E-state index contributed by atoms with van der Waals surface area (Å²) in [6.07, 6.45) is 3.73. The minimum atomic E-state index is -3.12. The third kappa shape index (κ3) is 9.51. The van der Waals surface area contributed by atoms with E-state index in [1.165, 1.54) is 0 Å². The van der Waals surface area contributed by atoms with Gasteiger partial charge in [0.1, 0.15) is 5.82 Å². The third-order valence-electron chi connectivity index (χ3n) is 2.41. The molecule has 21 heavy (non-hydrogen) atoms. The topological polar surface area (TPSA) is 100 Å². The number of nitrogens with one attached hydrogen (secondary N) is 3. The van der Waals surface area contributed by atoms with Gasteiger partial charge in [-0.05, 0) is 25.1 Å². The molecule has 0 saturated heterocycles. The molecule has 1 rings (SSSR count). The Morgan fingerprint density at radius 1 is 1.33 bits per heavy atom. The summed E-state index contributed by atoms with van der Waals surface area (Å²) in [7, 11) is -3.12. The van der Waals surface area contributed by atoms with Crippen LogP contribution in [-0.4, -0.2) is 45.2 Å². The van der Waals surface area contributed by atoms with Crippen molar-refractivity contribution in [1.82, 2.24) is 15.0 Å². The predicted molar refractivity (Wildman–Crippen MR) is 85.5 cm³/mol. The quantitative estimate of drug-likeness (QED) is 0.549. The highest BCUT2D eigenvalue weighted by atomic mass is 79.9. The van der Waals surface area contributed by atoms with Crippen LogP contribution in [0.5, 0.6) is 0 Å². The molecule has 0 atom stereocenters. The number of amides is 1. The van der Waals surface area contributed by atoms with Crippen molar-refractivity contribution in [2.45, 2.75) is 12.8 Å². The fraction of sp³-hybridized carbons (Fsp3) is 0.500. The number of aromatic nitrogens is 1. The van der Waals surface area contributed by atoms with Gasteiger partial charge in [0.15, 0.2) is 0 Å². The van der Waals surface area contributed by atoms with E-state index in [1.54, 1.807) is 18.3 Å². The number of anilines is 1. The van der Waals surface area contributed by atoms with Gasteiger partial charge in [-0.1, -0.05) is 15.9 Å².